The molecule has 3 rings (SSSR count). The number of aromatic nitrogens is 1. The maximum absolute atomic E-state index is 10.3. The smallest absolute Gasteiger partial charge is 0.0807 e. The van der Waals surface area contributed by atoms with Gasteiger partial charge in [-0.1, -0.05) is 27.7 Å². The summed E-state index contributed by atoms with van der Waals surface area (Å²) in [6.45, 7) is 11.9. The molecular formula is C19H31NO. The van der Waals surface area contributed by atoms with Gasteiger partial charge in [-0.2, -0.15) is 0 Å². The lowest BCUT2D eigenvalue weighted by Crippen LogP contribution is -2.36. The molecule has 0 aromatic carbocycles. The molecule has 1 fully saturated rings. The van der Waals surface area contributed by atoms with Gasteiger partial charge in [0.25, 0.3) is 0 Å². The molecule has 2 aliphatic rings. The minimum atomic E-state index is -0.238. The number of hydrogen-bond acceptors (Lipinski definition) is 1. The molecule has 1 aromatic rings. The third-order valence-corrected chi connectivity index (χ3v) is 5.52. The number of fused-ring (bicyclic) bond motifs is 1. The predicted molar refractivity (Wildman–Crippen MR) is 87.5 cm³/mol. The Balaban J connectivity index is 2.00. The number of nitrogens with zero attached hydrogens (tertiary/aromatic N) is 1. The minimum absolute atomic E-state index is 0.238. The van der Waals surface area contributed by atoms with Gasteiger partial charge in [0, 0.05) is 23.0 Å². The number of hydrogen-bond donors (Lipinski definition) is 1. The Morgan fingerprint density at radius 3 is 2.38 bits per heavy atom. The van der Waals surface area contributed by atoms with Crippen molar-refractivity contribution in [3.8, 4) is 0 Å². The zero-order valence-electron chi connectivity index (χ0n) is 14.4. The Kier molecular flexibility index (Phi) is 3.52. The Bertz CT molecular complexity index is 522. The van der Waals surface area contributed by atoms with E-state index in [2.05, 4.69) is 45.3 Å². The molecule has 118 valence electrons. The topological polar surface area (TPSA) is 25.2 Å². The van der Waals surface area contributed by atoms with E-state index >= 15 is 0 Å². The third-order valence-electron chi connectivity index (χ3n) is 5.52. The van der Waals surface area contributed by atoms with Gasteiger partial charge in [-0.25, -0.2) is 0 Å². The van der Waals surface area contributed by atoms with Gasteiger partial charge in [-0.05, 0) is 62.3 Å². The van der Waals surface area contributed by atoms with Crippen LogP contribution in [0, 0.1) is 17.8 Å². The van der Waals surface area contributed by atoms with Crippen LogP contribution < -0.4 is 0 Å². The molecule has 1 aromatic heterocycles. The van der Waals surface area contributed by atoms with Crippen molar-refractivity contribution in [2.75, 3.05) is 0 Å². The van der Waals surface area contributed by atoms with Gasteiger partial charge in [0.1, 0.15) is 0 Å². The summed E-state index contributed by atoms with van der Waals surface area (Å²) in [5, 5.41) is 10.3. The van der Waals surface area contributed by atoms with Gasteiger partial charge < -0.3 is 9.67 Å². The fourth-order valence-electron chi connectivity index (χ4n) is 5.38. The van der Waals surface area contributed by atoms with Gasteiger partial charge in [0.15, 0.2) is 0 Å². The zero-order valence-corrected chi connectivity index (χ0v) is 14.4. The van der Waals surface area contributed by atoms with Crippen LogP contribution in [0.5, 0.6) is 0 Å². The third kappa shape index (κ3) is 2.79. The first-order chi connectivity index (χ1) is 9.69. The lowest BCUT2D eigenvalue weighted by molar-refractivity contribution is 0.0698. The Labute approximate surface area is 129 Å². The standard InChI is InChI=1S/C19H31NO/c1-13-9-15-16(7-6-8-17(15)21)20(13)14-10-18(2,3)12-19(4,5)11-14/h9,14,17,21H,6-8,10-12H2,1-5H3. The monoisotopic (exact) mass is 289 g/mol. The Morgan fingerprint density at radius 1 is 1.14 bits per heavy atom. The average molecular weight is 289 g/mol. The molecule has 0 aliphatic heterocycles. The predicted octanol–water partition coefficient (Wildman–Crippen LogP) is 4.94. The quantitative estimate of drug-likeness (QED) is 0.778. The average Bonchev–Trinajstić information content (AvgIpc) is 2.62. The summed E-state index contributed by atoms with van der Waals surface area (Å²) in [4.78, 5) is 0. The number of aliphatic hydroxyl groups is 1. The van der Waals surface area contributed by atoms with E-state index in [9.17, 15) is 5.11 Å². The second kappa shape index (κ2) is 4.87. The highest BCUT2D eigenvalue weighted by atomic mass is 16.3. The van der Waals surface area contributed by atoms with Crippen molar-refractivity contribution in [3.63, 3.8) is 0 Å². The van der Waals surface area contributed by atoms with Gasteiger partial charge >= 0.3 is 0 Å². The van der Waals surface area contributed by atoms with E-state index in [4.69, 9.17) is 0 Å². The molecule has 2 heteroatoms. The van der Waals surface area contributed by atoms with Gasteiger partial charge in [0.2, 0.25) is 0 Å². The molecule has 0 radical (unpaired) electrons. The molecule has 0 spiro atoms. The van der Waals surface area contributed by atoms with Crippen LogP contribution in [0.25, 0.3) is 0 Å². The fourth-order valence-corrected chi connectivity index (χ4v) is 5.38. The van der Waals surface area contributed by atoms with Gasteiger partial charge in [0.05, 0.1) is 6.10 Å². The van der Waals surface area contributed by atoms with E-state index in [0.717, 1.165) is 19.3 Å². The van der Waals surface area contributed by atoms with Crippen LogP contribution in [-0.2, 0) is 6.42 Å². The summed E-state index contributed by atoms with van der Waals surface area (Å²) >= 11 is 0. The molecule has 0 bridgehead atoms. The Hall–Kier alpha value is -0.760. The highest BCUT2D eigenvalue weighted by Gasteiger charge is 2.40. The second-order valence-corrected chi connectivity index (χ2v) is 9.03. The molecule has 0 saturated heterocycles. The van der Waals surface area contributed by atoms with E-state index in [-0.39, 0.29) is 6.10 Å². The molecular weight excluding hydrogens is 258 g/mol. The van der Waals surface area contributed by atoms with Gasteiger partial charge in [-0.15, -0.1) is 0 Å². The van der Waals surface area contributed by atoms with E-state index in [0.29, 0.717) is 16.9 Å². The normalized spacial score (nSPS) is 28.4. The first-order valence-corrected chi connectivity index (χ1v) is 8.57. The molecule has 1 unspecified atom stereocenters. The van der Waals surface area contributed by atoms with Crippen molar-refractivity contribution < 1.29 is 5.11 Å². The fraction of sp³-hybridized carbons (Fsp3) is 0.789. The molecule has 1 N–H and O–H groups in total. The summed E-state index contributed by atoms with van der Waals surface area (Å²) in [7, 11) is 0. The molecule has 1 atom stereocenters. The summed E-state index contributed by atoms with van der Waals surface area (Å²) < 4.78 is 2.58. The summed E-state index contributed by atoms with van der Waals surface area (Å²) in [5.41, 5.74) is 4.79. The van der Waals surface area contributed by atoms with E-state index in [1.54, 1.807) is 0 Å². The molecule has 0 amide bonds. The van der Waals surface area contributed by atoms with Crippen LogP contribution in [0.2, 0.25) is 0 Å². The van der Waals surface area contributed by atoms with Crippen LogP contribution in [0.15, 0.2) is 6.07 Å². The lowest BCUT2D eigenvalue weighted by atomic mass is 9.63. The summed E-state index contributed by atoms with van der Waals surface area (Å²) in [5.74, 6) is 0. The Morgan fingerprint density at radius 2 is 1.76 bits per heavy atom. The molecule has 2 nitrogen and oxygen atoms in total. The lowest BCUT2D eigenvalue weighted by Gasteiger charge is -2.46. The number of aryl methyl sites for hydroxylation is 1. The molecule has 2 aliphatic carbocycles. The van der Waals surface area contributed by atoms with Crippen molar-refractivity contribution in [1.29, 1.82) is 0 Å². The van der Waals surface area contributed by atoms with Crippen LogP contribution in [0.1, 0.15) is 88.9 Å². The van der Waals surface area contributed by atoms with Crippen molar-refractivity contribution in [1.82, 2.24) is 4.57 Å². The van der Waals surface area contributed by atoms with Crippen LogP contribution in [0.3, 0.4) is 0 Å². The van der Waals surface area contributed by atoms with Crippen LogP contribution in [0.4, 0.5) is 0 Å². The summed E-state index contributed by atoms with van der Waals surface area (Å²) in [6, 6.07) is 2.84. The van der Waals surface area contributed by atoms with Crippen molar-refractivity contribution in [2.24, 2.45) is 10.8 Å². The SMILES string of the molecule is Cc1cc2c(n1C1CC(C)(C)CC(C)(C)C1)CCCC2O. The molecule has 1 saturated carbocycles. The highest BCUT2D eigenvalue weighted by Crippen LogP contribution is 2.51. The first-order valence-electron chi connectivity index (χ1n) is 8.57. The first kappa shape index (κ1) is 15.1. The van der Waals surface area contributed by atoms with E-state index in [1.165, 1.54) is 36.2 Å². The van der Waals surface area contributed by atoms with Crippen LogP contribution in [-0.4, -0.2) is 9.67 Å². The molecule has 1 heterocycles. The summed E-state index contributed by atoms with van der Waals surface area (Å²) in [6.07, 6.45) is 6.77. The van der Waals surface area contributed by atoms with Crippen molar-refractivity contribution >= 4 is 0 Å². The number of rotatable bonds is 1. The highest BCUT2D eigenvalue weighted by molar-refractivity contribution is 5.32. The second-order valence-electron chi connectivity index (χ2n) is 9.03. The van der Waals surface area contributed by atoms with Crippen molar-refractivity contribution in [3.05, 3.63) is 23.0 Å². The van der Waals surface area contributed by atoms with Gasteiger partial charge in [-0.3, -0.25) is 0 Å². The number of aliphatic hydroxyl groups excluding tert-OH is 1. The van der Waals surface area contributed by atoms with E-state index in [1.807, 2.05) is 0 Å². The van der Waals surface area contributed by atoms with E-state index < -0.39 is 0 Å². The maximum atomic E-state index is 10.3. The maximum Gasteiger partial charge on any atom is 0.0807 e. The van der Waals surface area contributed by atoms with Crippen molar-refractivity contribution in [2.45, 2.75) is 85.3 Å². The minimum Gasteiger partial charge on any atom is -0.388 e. The van der Waals surface area contributed by atoms with Crippen LogP contribution >= 0.6 is 0 Å². The zero-order chi connectivity index (χ0) is 15.4. The largest absolute Gasteiger partial charge is 0.388 e. The molecule has 21 heavy (non-hydrogen) atoms.